The number of unbranched alkanes of at least 4 members (excludes halogenated alkanes) is 7. The van der Waals surface area contributed by atoms with E-state index in [2.05, 4.69) is 51.1 Å². The van der Waals surface area contributed by atoms with Gasteiger partial charge in [0.1, 0.15) is 0 Å². The van der Waals surface area contributed by atoms with Crippen molar-refractivity contribution < 1.29 is 0 Å². The quantitative estimate of drug-likeness (QED) is 0.399. The van der Waals surface area contributed by atoms with E-state index in [0.717, 1.165) is 6.42 Å². The first-order chi connectivity index (χ1) is 10.5. The van der Waals surface area contributed by atoms with Crippen LogP contribution in [-0.4, -0.2) is 5.54 Å². The highest BCUT2D eigenvalue weighted by Gasteiger charge is 2.24. The molecule has 134 valence electrons. The lowest BCUT2D eigenvalue weighted by molar-refractivity contribution is 0.290. The van der Waals surface area contributed by atoms with Gasteiger partial charge in [-0.05, 0) is 38.2 Å². The standard InChI is InChI=1S/C21H37N.BrH/c1-4-5-6-7-8-9-10-14-17-20(21(2,3)22)18-19-15-12-11-13-16-19;/h11-13,15-16,20H,4-10,14,17-18,22H2,1-3H3;1H. The van der Waals surface area contributed by atoms with Crippen LogP contribution in [0.25, 0.3) is 0 Å². The van der Waals surface area contributed by atoms with E-state index < -0.39 is 0 Å². The van der Waals surface area contributed by atoms with Crippen molar-refractivity contribution in [2.75, 3.05) is 0 Å². The second-order valence-corrected chi connectivity index (χ2v) is 7.47. The molecule has 0 saturated heterocycles. The van der Waals surface area contributed by atoms with Gasteiger partial charge in [0.05, 0.1) is 0 Å². The zero-order chi connectivity index (χ0) is 16.3. The van der Waals surface area contributed by atoms with E-state index in [1.807, 2.05) is 0 Å². The molecule has 0 saturated carbocycles. The third kappa shape index (κ3) is 10.9. The van der Waals surface area contributed by atoms with Crippen molar-refractivity contribution in [3.63, 3.8) is 0 Å². The zero-order valence-corrected chi connectivity index (χ0v) is 17.2. The number of rotatable bonds is 12. The van der Waals surface area contributed by atoms with Crippen molar-refractivity contribution >= 4 is 17.0 Å². The molecule has 1 atom stereocenters. The molecule has 0 aliphatic carbocycles. The Morgan fingerprint density at radius 2 is 1.39 bits per heavy atom. The Labute approximate surface area is 155 Å². The van der Waals surface area contributed by atoms with Crippen LogP contribution in [0.4, 0.5) is 0 Å². The zero-order valence-electron chi connectivity index (χ0n) is 15.5. The van der Waals surface area contributed by atoms with E-state index in [0.29, 0.717) is 5.92 Å². The molecule has 0 spiro atoms. The molecule has 0 fully saturated rings. The van der Waals surface area contributed by atoms with Crippen LogP contribution in [0.3, 0.4) is 0 Å². The average Bonchev–Trinajstić information content (AvgIpc) is 2.49. The highest BCUT2D eigenvalue weighted by Crippen LogP contribution is 2.25. The number of halogens is 1. The monoisotopic (exact) mass is 383 g/mol. The van der Waals surface area contributed by atoms with Gasteiger partial charge in [-0.2, -0.15) is 0 Å². The van der Waals surface area contributed by atoms with E-state index >= 15 is 0 Å². The molecule has 0 radical (unpaired) electrons. The SMILES string of the molecule is Br.CCCCCCCCCCC(Cc1ccccc1)C(C)(C)N. The van der Waals surface area contributed by atoms with Crippen molar-refractivity contribution in [2.45, 2.75) is 90.5 Å². The Bertz CT molecular complexity index is 369. The lowest BCUT2D eigenvalue weighted by Gasteiger charge is -2.31. The van der Waals surface area contributed by atoms with Crippen molar-refractivity contribution in [1.29, 1.82) is 0 Å². The maximum atomic E-state index is 6.42. The van der Waals surface area contributed by atoms with Gasteiger partial charge in [-0.3, -0.25) is 0 Å². The Balaban J connectivity index is 0.00000484. The Hall–Kier alpha value is -0.340. The first kappa shape index (κ1) is 22.7. The van der Waals surface area contributed by atoms with E-state index in [1.165, 1.54) is 63.4 Å². The van der Waals surface area contributed by atoms with Crippen molar-refractivity contribution in [3.05, 3.63) is 35.9 Å². The molecule has 1 nitrogen and oxygen atoms in total. The van der Waals surface area contributed by atoms with Gasteiger partial charge in [0.15, 0.2) is 0 Å². The van der Waals surface area contributed by atoms with Gasteiger partial charge in [-0.1, -0.05) is 88.6 Å². The highest BCUT2D eigenvalue weighted by molar-refractivity contribution is 8.93. The largest absolute Gasteiger partial charge is 0.325 e. The summed E-state index contributed by atoms with van der Waals surface area (Å²) in [6.07, 6.45) is 13.5. The number of benzene rings is 1. The molecule has 0 bridgehead atoms. The summed E-state index contributed by atoms with van der Waals surface area (Å²) in [5.41, 5.74) is 7.76. The minimum atomic E-state index is -0.0863. The lowest BCUT2D eigenvalue weighted by atomic mass is 9.80. The molecular formula is C21H38BrN. The highest BCUT2D eigenvalue weighted by atomic mass is 79.9. The maximum Gasteiger partial charge on any atom is 0.0129 e. The summed E-state index contributed by atoms with van der Waals surface area (Å²) in [6.45, 7) is 6.65. The Morgan fingerprint density at radius 3 is 1.91 bits per heavy atom. The summed E-state index contributed by atoms with van der Waals surface area (Å²) < 4.78 is 0. The van der Waals surface area contributed by atoms with Gasteiger partial charge in [0, 0.05) is 5.54 Å². The second-order valence-electron chi connectivity index (χ2n) is 7.47. The van der Waals surface area contributed by atoms with Crippen LogP contribution in [0.1, 0.15) is 84.1 Å². The molecular weight excluding hydrogens is 346 g/mol. The third-order valence-electron chi connectivity index (χ3n) is 4.78. The van der Waals surface area contributed by atoms with E-state index in [9.17, 15) is 0 Å². The van der Waals surface area contributed by atoms with Crippen molar-refractivity contribution in [1.82, 2.24) is 0 Å². The van der Waals surface area contributed by atoms with Crippen LogP contribution < -0.4 is 5.73 Å². The maximum absolute atomic E-state index is 6.42. The fourth-order valence-electron chi connectivity index (χ4n) is 3.16. The predicted molar refractivity (Wildman–Crippen MR) is 109 cm³/mol. The fraction of sp³-hybridized carbons (Fsp3) is 0.714. The molecule has 1 aromatic rings. The summed E-state index contributed by atoms with van der Waals surface area (Å²) in [7, 11) is 0. The molecule has 0 aliphatic rings. The molecule has 1 rings (SSSR count). The molecule has 1 unspecified atom stereocenters. The Kier molecular flexibility index (Phi) is 12.8. The van der Waals surface area contributed by atoms with Crippen LogP contribution in [-0.2, 0) is 6.42 Å². The molecule has 2 N–H and O–H groups in total. The van der Waals surface area contributed by atoms with Gasteiger partial charge >= 0.3 is 0 Å². The molecule has 2 heteroatoms. The van der Waals surface area contributed by atoms with Gasteiger partial charge in [0.2, 0.25) is 0 Å². The summed E-state index contributed by atoms with van der Waals surface area (Å²) in [5.74, 6) is 0.579. The van der Waals surface area contributed by atoms with Crippen LogP contribution in [0, 0.1) is 5.92 Å². The molecule has 0 aromatic heterocycles. The summed E-state index contributed by atoms with van der Waals surface area (Å²) >= 11 is 0. The van der Waals surface area contributed by atoms with Crippen molar-refractivity contribution in [2.24, 2.45) is 11.7 Å². The van der Waals surface area contributed by atoms with Gasteiger partial charge in [-0.25, -0.2) is 0 Å². The summed E-state index contributed by atoms with van der Waals surface area (Å²) in [6, 6.07) is 10.8. The Morgan fingerprint density at radius 1 is 0.870 bits per heavy atom. The van der Waals surface area contributed by atoms with Crippen molar-refractivity contribution in [3.8, 4) is 0 Å². The average molecular weight is 384 g/mol. The smallest absolute Gasteiger partial charge is 0.0129 e. The second kappa shape index (κ2) is 13.0. The molecule has 23 heavy (non-hydrogen) atoms. The van der Waals surface area contributed by atoms with Gasteiger partial charge < -0.3 is 5.73 Å². The van der Waals surface area contributed by atoms with Crippen LogP contribution in [0.5, 0.6) is 0 Å². The minimum Gasteiger partial charge on any atom is -0.325 e. The molecule has 1 aromatic carbocycles. The van der Waals surface area contributed by atoms with E-state index in [-0.39, 0.29) is 22.5 Å². The van der Waals surface area contributed by atoms with Crippen LogP contribution >= 0.6 is 17.0 Å². The first-order valence-corrected chi connectivity index (χ1v) is 9.37. The number of nitrogens with two attached hydrogens (primary N) is 1. The minimum absolute atomic E-state index is 0. The molecule has 0 aliphatic heterocycles. The summed E-state index contributed by atoms with van der Waals surface area (Å²) in [5, 5.41) is 0. The lowest BCUT2D eigenvalue weighted by Crippen LogP contribution is -2.42. The van der Waals surface area contributed by atoms with Crippen LogP contribution in [0.2, 0.25) is 0 Å². The predicted octanol–water partition coefficient (Wildman–Crippen LogP) is 6.69. The molecule has 0 amide bonds. The number of hydrogen-bond acceptors (Lipinski definition) is 1. The number of hydrogen-bond donors (Lipinski definition) is 1. The fourth-order valence-corrected chi connectivity index (χ4v) is 3.16. The summed E-state index contributed by atoms with van der Waals surface area (Å²) in [4.78, 5) is 0. The topological polar surface area (TPSA) is 26.0 Å². The normalized spacial score (nSPS) is 12.7. The molecule has 0 heterocycles. The third-order valence-corrected chi connectivity index (χ3v) is 4.78. The first-order valence-electron chi connectivity index (χ1n) is 9.37. The van der Waals surface area contributed by atoms with Gasteiger partial charge in [-0.15, -0.1) is 17.0 Å². The van der Waals surface area contributed by atoms with Crippen LogP contribution in [0.15, 0.2) is 30.3 Å². The van der Waals surface area contributed by atoms with E-state index in [4.69, 9.17) is 5.73 Å². The van der Waals surface area contributed by atoms with E-state index in [1.54, 1.807) is 0 Å². The van der Waals surface area contributed by atoms with Gasteiger partial charge in [0.25, 0.3) is 0 Å².